The first kappa shape index (κ1) is 18.6. The number of nitrogens with one attached hydrogen (secondary N) is 2. The molecule has 2 aromatic carbocycles. The molecule has 4 rings (SSSR count). The van der Waals surface area contributed by atoms with Gasteiger partial charge in [-0.2, -0.15) is 0 Å². The predicted molar refractivity (Wildman–Crippen MR) is 109 cm³/mol. The van der Waals surface area contributed by atoms with Gasteiger partial charge in [0.2, 0.25) is 0 Å². The van der Waals surface area contributed by atoms with Crippen molar-refractivity contribution in [3.8, 4) is 5.75 Å². The van der Waals surface area contributed by atoms with Crippen molar-refractivity contribution in [3.05, 3.63) is 69.2 Å². The molecule has 4 nitrogen and oxygen atoms in total. The summed E-state index contributed by atoms with van der Waals surface area (Å²) in [6, 6.07) is 13.9. The molecule has 0 amide bonds. The van der Waals surface area contributed by atoms with Gasteiger partial charge < -0.3 is 10.1 Å². The van der Waals surface area contributed by atoms with E-state index in [0.29, 0.717) is 22.4 Å². The van der Waals surface area contributed by atoms with Crippen LogP contribution in [0, 0.1) is 0 Å². The highest BCUT2D eigenvalue weighted by Crippen LogP contribution is 2.61. The molecule has 0 spiro atoms. The Hall–Kier alpha value is -1.72. The van der Waals surface area contributed by atoms with Crippen molar-refractivity contribution in [2.24, 2.45) is 0 Å². The maximum atomic E-state index is 6.40. The molecule has 0 bridgehead atoms. The van der Waals surface area contributed by atoms with Gasteiger partial charge in [-0.15, -0.1) is 0 Å². The third kappa shape index (κ3) is 3.55. The van der Waals surface area contributed by atoms with E-state index in [1.54, 1.807) is 6.07 Å². The summed E-state index contributed by atoms with van der Waals surface area (Å²) in [5, 5.41) is 4.27. The highest BCUT2D eigenvalue weighted by molar-refractivity contribution is 6.42. The Morgan fingerprint density at radius 2 is 1.93 bits per heavy atom. The molecule has 0 aromatic heterocycles. The molecule has 2 N–H and O–H groups in total. The number of hydrogen-bond donors (Lipinski definition) is 2. The SMILES string of the molecule is CCNCCCONC1=C2CC2(c2ccccc2)Oc2cc(Cl)c(Cl)cc21. The highest BCUT2D eigenvalue weighted by atomic mass is 35.5. The number of rotatable bonds is 8. The maximum absolute atomic E-state index is 6.40. The largest absolute Gasteiger partial charge is 0.477 e. The lowest BCUT2D eigenvalue weighted by Gasteiger charge is -2.27. The number of halogens is 2. The standard InChI is InChI=1S/C21H22Cl2N2O2/c1-2-24-9-6-10-26-25-20-15-11-17(22)18(23)12-19(15)27-21(13-16(20)21)14-7-4-3-5-8-14/h3-5,7-8,11-12,24-25H,2,6,9-10,13H2,1H3. The maximum Gasteiger partial charge on any atom is 0.162 e. The summed E-state index contributed by atoms with van der Waals surface area (Å²) in [5.74, 6) is 0.716. The Bertz CT molecular complexity index is 870. The Labute approximate surface area is 169 Å². The summed E-state index contributed by atoms with van der Waals surface area (Å²) >= 11 is 12.5. The lowest BCUT2D eigenvalue weighted by molar-refractivity contribution is 0.0746. The molecule has 1 saturated carbocycles. The van der Waals surface area contributed by atoms with Crippen molar-refractivity contribution in [1.82, 2.24) is 10.8 Å². The molecule has 142 valence electrons. The van der Waals surface area contributed by atoms with Crippen LogP contribution in [0.4, 0.5) is 0 Å². The molecule has 0 radical (unpaired) electrons. The predicted octanol–water partition coefficient (Wildman–Crippen LogP) is 4.92. The Balaban J connectivity index is 1.61. The van der Waals surface area contributed by atoms with Crippen LogP contribution in [0.5, 0.6) is 5.75 Å². The van der Waals surface area contributed by atoms with Gasteiger partial charge in [0.25, 0.3) is 0 Å². The van der Waals surface area contributed by atoms with Gasteiger partial charge in [-0.25, -0.2) is 0 Å². The average Bonchev–Trinajstić information content (AvgIpc) is 3.41. The van der Waals surface area contributed by atoms with Crippen LogP contribution in [-0.2, 0) is 10.4 Å². The van der Waals surface area contributed by atoms with Gasteiger partial charge in [-0.3, -0.25) is 10.3 Å². The van der Waals surface area contributed by atoms with E-state index < -0.39 is 5.60 Å². The number of hydrogen-bond acceptors (Lipinski definition) is 4. The third-order valence-corrected chi connectivity index (χ3v) is 5.65. The molecular weight excluding hydrogens is 383 g/mol. The van der Waals surface area contributed by atoms with Crippen molar-refractivity contribution in [3.63, 3.8) is 0 Å². The van der Waals surface area contributed by atoms with E-state index in [4.69, 9.17) is 32.8 Å². The highest BCUT2D eigenvalue weighted by Gasteiger charge is 2.58. The summed E-state index contributed by atoms with van der Waals surface area (Å²) in [4.78, 5) is 5.75. The fourth-order valence-electron chi connectivity index (χ4n) is 3.48. The molecule has 1 fully saturated rings. The van der Waals surface area contributed by atoms with Gasteiger partial charge in [0, 0.05) is 29.2 Å². The molecule has 2 aromatic rings. The Morgan fingerprint density at radius 1 is 1.15 bits per heavy atom. The number of hydroxylamine groups is 1. The van der Waals surface area contributed by atoms with E-state index >= 15 is 0 Å². The third-order valence-electron chi connectivity index (χ3n) is 4.93. The van der Waals surface area contributed by atoms with Gasteiger partial charge in [0.05, 0.1) is 22.3 Å². The summed E-state index contributed by atoms with van der Waals surface area (Å²) in [6.07, 6.45) is 1.74. The van der Waals surface area contributed by atoms with Crippen molar-refractivity contribution in [2.75, 3.05) is 19.7 Å². The van der Waals surface area contributed by atoms with E-state index in [2.05, 4.69) is 29.9 Å². The van der Waals surface area contributed by atoms with Crippen LogP contribution in [0.3, 0.4) is 0 Å². The average molecular weight is 405 g/mol. The van der Waals surface area contributed by atoms with Crippen LogP contribution in [0.25, 0.3) is 5.70 Å². The second kappa shape index (κ2) is 7.72. The molecule has 1 heterocycles. The first-order valence-corrected chi connectivity index (χ1v) is 9.97. The number of ether oxygens (including phenoxy) is 1. The summed E-state index contributed by atoms with van der Waals surface area (Å²) in [5.41, 5.74) is 6.83. The van der Waals surface area contributed by atoms with Gasteiger partial charge >= 0.3 is 0 Å². The molecular formula is C21H22Cl2N2O2. The molecule has 6 heteroatoms. The van der Waals surface area contributed by atoms with Crippen LogP contribution in [0.1, 0.15) is 30.9 Å². The van der Waals surface area contributed by atoms with Crippen molar-refractivity contribution >= 4 is 28.9 Å². The normalized spacial score (nSPS) is 20.0. The second-order valence-corrected chi connectivity index (χ2v) is 7.56. The first-order valence-electron chi connectivity index (χ1n) is 9.22. The van der Waals surface area contributed by atoms with Crippen molar-refractivity contribution in [2.45, 2.75) is 25.4 Å². The summed E-state index contributed by atoms with van der Waals surface area (Å²) in [6.45, 7) is 4.60. The molecule has 1 aliphatic carbocycles. The van der Waals surface area contributed by atoms with Crippen LogP contribution in [0.2, 0.25) is 10.0 Å². The van der Waals surface area contributed by atoms with Gasteiger partial charge in [0.1, 0.15) is 5.75 Å². The molecule has 27 heavy (non-hydrogen) atoms. The van der Waals surface area contributed by atoms with Gasteiger partial charge in [-0.1, -0.05) is 60.5 Å². The molecule has 1 aliphatic heterocycles. The van der Waals surface area contributed by atoms with Crippen LogP contribution in [-0.4, -0.2) is 19.7 Å². The zero-order valence-corrected chi connectivity index (χ0v) is 16.7. The number of fused-ring (bicyclic) bond motifs is 2. The van der Waals surface area contributed by atoms with Crippen molar-refractivity contribution < 1.29 is 9.57 Å². The van der Waals surface area contributed by atoms with E-state index in [1.807, 2.05) is 24.3 Å². The van der Waals surface area contributed by atoms with Crippen LogP contribution < -0.4 is 15.5 Å². The molecule has 2 aliphatic rings. The van der Waals surface area contributed by atoms with Gasteiger partial charge in [-0.05, 0) is 25.6 Å². The topological polar surface area (TPSA) is 42.5 Å². The van der Waals surface area contributed by atoms with E-state index in [0.717, 1.165) is 42.8 Å². The van der Waals surface area contributed by atoms with Crippen molar-refractivity contribution in [1.29, 1.82) is 0 Å². The smallest absolute Gasteiger partial charge is 0.162 e. The lowest BCUT2D eigenvalue weighted by atomic mass is 10.0. The van der Waals surface area contributed by atoms with E-state index in [-0.39, 0.29) is 0 Å². The zero-order valence-electron chi connectivity index (χ0n) is 15.1. The van der Waals surface area contributed by atoms with E-state index in [9.17, 15) is 0 Å². The summed E-state index contributed by atoms with van der Waals surface area (Å²) < 4.78 is 6.40. The minimum atomic E-state index is -0.444. The van der Waals surface area contributed by atoms with E-state index in [1.165, 1.54) is 5.57 Å². The fraction of sp³-hybridized carbons (Fsp3) is 0.333. The fourth-order valence-corrected chi connectivity index (χ4v) is 3.80. The van der Waals surface area contributed by atoms with Crippen LogP contribution >= 0.6 is 23.2 Å². The second-order valence-electron chi connectivity index (χ2n) is 6.75. The van der Waals surface area contributed by atoms with Gasteiger partial charge in [0.15, 0.2) is 5.60 Å². The minimum Gasteiger partial charge on any atom is -0.477 e. The minimum absolute atomic E-state index is 0.444. The lowest BCUT2D eigenvalue weighted by Crippen LogP contribution is -2.25. The monoisotopic (exact) mass is 404 g/mol. The molecule has 1 atom stereocenters. The Morgan fingerprint density at radius 3 is 2.70 bits per heavy atom. The quantitative estimate of drug-likeness (QED) is 0.484. The summed E-state index contributed by atoms with van der Waals surface area (Å²) in [7, 11) is 0. The first-order chi connectivity index (χ1) is 13.2. The molecule has 0 saturated heterocycles. The number of benzene rings is 2. The zero-order chi connectivity index (χ0) is 18.9. The van der Waals surface area contributed by atoms with Crippen LogP contribution in [0.15, 0.2) is 48.0 Å². The Kier molecular flexibility index (Phi) is 5.33. The molecule has 1 unspecified atom stereocenters.